The van der Waals surface area contributed by atoms with E-state index in [2.05, 4.69) is 32.6 Å². The Morgan fingerprint density at radius 3 is 2.55 bits per heavy atom. The van der Waals surface area contributed by atoms with Crippen LogP contribution < -0.4 is 16.0 Å². The van der Waals surface area contributed by atoms with Gasteiger partial charge in [-0.3, -0.25) is 9.59 Å². The molecular formula is C23H21F2N5O2S. The Morgan fingerprint density at radius 2 is 1.91 bits per heavy atom. The Balaban J connectivity index is 1.46. The molecule has 1 aliphatic rings. The quantitative estimate of drug-likeness (QED) is 0.339. The molecule has 1 amide bonds. The zero-order valence-electron chi connectivity index (χ0n) is 17.5. The molecule has 2 heterocycles. The molecule has 1 unspecified atom stereocenters. The summed E-state index contributed by atoms with van der Waals surface area (Å²) in [6.07, 6.45) is 2.16. The molecule has 1 fully saturated rings. The van der Waals surface area contributed by atoms with Crippen molar-refractivity contribution < 1.29 is 18.4 Å². The summed E-state index contributed by atoms with van der Waals surface area (Å²) in [5.74, 6) is -2.97. The van der Waals surface area contributed by atoms with Gasteiger partial charge in [0.25, 0.3) is 5.91 Å². The van der Waals surface area contributed by atoms with Crippen molar-refractivity contribution >= 4 is 46.4 Å². The van der Waals surface area contributed by atoms with Crippen molar-refractivity contribution in [3.8, 4) is 0 Å². The third-order valence-corrected chi connectivity index (χ3v) is 6.18. The maximum atomic E-state index is 14.0. The largest absolute Gasteiger partial charge is 0.350 e. The summed E-state index contributed by atoms with van der Waals surface area (Å²) < 4.78 is 28.1. The van der Waals surface area contributed by atoms with Crippen molar-refractivity contribution in [3.05, 3.63) is 70.1 Å². The standard InChI is InChI=1S/C23H21F2N5O2S/c1-26-21-20(19(31)18-16(24)5-2-6-17(18)25)33-23(30-21)29-14-9-7-13(8-10-14)22(32)28-12-15-4-3-11-27-15/h2,5-10,15,27H,1,3-4,11-12H2,(H,28,32)(H,29,30). The molecule has 33 heavy (non-hydrogen) atoms. The SMILES string of the molecule is C=Nc1nc(Nc2ccc(C(=O)NCC3CCCN3)cc2)sc1C(=O)c1c(F)cccc1F. The first-order chi connectivity index (χ1) is 16.0. The summed E-state index contributed by atoms with van der Waals surface area (Å²) in [6.45, 7) is 4.94. The molecule has 4 rings (SSSR count). The van der Waals surface area contributed by atoms with Gasteiger partial charge >= 0.3 is 0 Å². The number of amides is 1. The zero-order chi connectivity index (χ0) is 23.4. The molecule has 1 atom stereocenters. The van der Waals surface area contributed by atoms with E-state index in [0.29, 0.717) is 29.0 Å². The van der Waals surface area contributed by atoms with Crippen LogP contribution in [0.25, 0.3) is 0 Å². The Hall–Kier alpha value is -3.50. The van der Waals surface area contributed by atoms with Crippen molar-refractivity contribution in [1.29, 1.82) is 0 Å². The highest BCUT2D eigenvalue weighted by Gasteiger charge is 2.25. The van der Waals surface area contributed by atoms with Crippen molar-refractivity contribution in [2.45, 2.75) is 18.9 Å². The normalized spacial score (nSPS) is 15.3. The lowest BCUT2D eigenvalue weighted by Crippen LogP contribution is -2.37. The molecule has 1 saturated heterocycles. The minimum atomic E-state index is -0.963. The summed E-state index contributed by atoms with van der Waals surface area (Å²) in [4.78, 5) is 32.9. The first-order valence-corrected chi connectivity index (χ1v) is 11.1. The van der Waals surface area contributed by atoms with Gasteiger partial charge in [-0.1, -0.05) is 17.4 Å². The fourth-order valence-corrected chi connectivity index (χ4v) is 4.42. The van der Waals surface area contributed by atoms with Crippen LogP contribution in [0, 0.1) is 11.6 Å². The molecule has 2 aromatic carbocycles. The molecule has 0 saturated carbocycles. The predicted octanol–water partition coefficient (Wildman–Crippen LogP) is 4.21. The third kappa shape index (κ3) is 5.12. The monoisotopic (exact) mass is 469 g/mol. The van der Waals surface area contributed by atoms with Gasteiger partial charge in [0.05, 0.1) is 5.56 Å². The van der Waals surface area contributed by atoms with Crippen LogP contribution in [-0.2, 0) is 0 Å². The molecule has 0 radical (unpaired) electrons. The highest BCUT2D eigenvalue weighted by atomic mass is 32.1. The van der Waals surface area contributed by atoms with Crippen molar-refractivity contribution in [2.24, 2.45) is 4.99 Å². The lowest BCUT2D eigenvalue weighted by Gasteiger charge is -2.11. The number of carbonyl (C=O) groups is 2. The molecule has 0 spiro atoms. The van der Waals surface area contributed by atoms with E-state index in [0.717, 1.165) is 42.9 Å². The van der Waals surface area contributed by atoms with Gasteiger partial charge in [0, 0.05) is 23.8 Å². The van der Waals surface area contributed by atoms with E-state index in [-0.39, 0.29) is 16.6 Å². The van der Waals surface area contributed by atoms with Crippen LogP contribution in [0.4, 0.5) is 25.4 Å². The summed E-state index contributed by atoms with van der Waals surface area (Å²) in [5, 5.41) is 9.55. The van der Waals surface area contributed by atoms with E-state index < -0.39 is 23.0 Å². The zero-order valence-corrected chi connectivity index (χ0v) is 18.3. The minimum absolute atomic E-state index is 0.0216. The smallest absolute Gasteiger partial charge is 0.251 e. The number of carbonyl (C=O) groups excluding carboxylic acids is 2. The number of aromatic nitrogens is 1. The number of hydrogen-bond donors (Lipinski definition) is 3. The van der Waals surface area contributed by atoms with Crippen LogP contribution in [0.2, 0.25) is 0 Å². The molecule has 0 bridgehead atoms. The number of benzene rings is 2. The van der Waals surface area contributed by atoms with E-state index in [4.69, 9.17) is 0 Å². The maximum Gasteiger partial charge on any atom is 0.251 e. The van der Waals surface area contributed by atoms with Gasteiger partial charge in [-0.15, -0.1) is 0 Å². The van der Waals surface area contributed by atoms with Crippen molar-refractivity contribution in [3.63, 3.8) is 0 Å². The fourth-order valence-electron chi connectivity index (χ4n) is 3.53. The lowest BCUT2D eigenvalue weighted by atomic mass is 10.1. The minimum Gasteiger partial charge on any atom is -0.350 e. The number of anilines is 2. The number of nitrogens with zero attached hydrogens (tertiary/aromatic N) is 2. The number of nitrogens with one attached hydrogen (secondary N) is 3. The van der Waals surface area contributed by atoms with E-state index in [1.165, 1.54) is 6.07 Å². The van der Waals surface area contributed by atoms with Gasteiger partial charge in [0.15, 0.2) is 10.9 Å². The van der Waals surface area contributed by atoms with Crippen LogP contribution in [-0.4, -0.2) is 42.5 Å². The Bertz CT molecular complexity index is 1170. The van der Waals surface area contributed by atoms with E-state index in [1.54, 1.807) is 24.3 Å². The number of hydrogen-bond acceptors (Lipinski definition) is 7. The molecule has 7 nitrogen and oxygen atoms in total. The summed E-state index contributed by atoms with van der Waals surface area (Å²) in [6, 6.07) is 10.2. The molecule has 1 aliphatic heterocycles. The van der Waals surface area contributed by atoms with E-state index in [1.807, 2.05) is 0 Å². The second-order valence-corrected chi connectivity index (χ2v) is 8.46. The van der Waals surface area contributed by atoms with Gasteiger partial charge < -0.3 is 16.0 Å². The summed E-state index contributed by atoms with van der Waals surface area (Å²) >= 11 is 0.907. The van der Waals surface area contributed by atoms with Gasteiger partial charge in [0.2, 0.25) is 5.78 Å². The molecule has 10 heteroatoms. The van der Waals surface area contributed by atoms with E-state index >= 15 is 0 Å². The van der Waals surface area contributed by atoms with Gasteiger partial charge in [-0.05, 0) is 62.5 Å². The van der Waals surface area contributed by atoms with Crippen molar-refractivity contribution in [2.75, 3.05) is 18.4 Å². The van der Waals surface area contributed by atoms with Crippen LogP contribution in [0.15, 0.2) is 47.5 Å². The van der Waals surface area contributed by atoms with E-state index in [9.17, 15) is 18.4 Å². The molecular weight excluding hydrogens is 448 g/mol. The lowest BCUT2D eigenvalue weighted by molar-refractivity contribution is 0.0949. The average Bonchev–Trinajstić information content (AvgIpc) is 3.47. The summed E-state index contributed by atoms with van der Waals surface area (Å²) in [7, 11) is 0. The number of rotatable bonds is 8. The fraction of sp³-hybridized carbons (Fsp3) is 0.217. The van der Waals surface area contributed by atoms with Gasteiger partial charge in [-0.25, -0.2) is 13.8 Å². The molecule has 170 valence electrons. The van der Waals surface area contributed by atoms with Crippen LogP contribution in [0.1, 0.15) is 38.4 Å². The van der Waals surface area contributed by atoms with Crippen LogP contribution in [0.5, 0.6) is 0 Å². The molecule has 1 aromatic heterocycles. The number of halogens is 2. The van der Waals surface area contributed by atoms with Crippen molar-refractivity contribution in [1.82, 2.24) is 15.6 Å². The second-order valence-electron chi connectivity index (χ2n) is 7.46. The Kier molecular flexibility index (Phi) is 6.85. The summed E-state index contributed by atoms with van der Waals surface area (Å²) in [5.41, 5.74) is 0.460. The molecule has 3 aromatic rings. The van der Waals surface area contributed by atoms with Gasteiger partial charge in [0.1, 0.15) is 16.5 Å². The second kappa shape index (κ2) is 9.97. The Morgan fingerprint density at radius 1 is 1.18 bits per heavy atom. The first-order valence-electron chi connectivity index (χ1n) is 10.3. The first kappa shape index (κ1) is 22.7. The highest BCUT2D eigenvalue weighted by molar-refractivity contribution is 7.18. The number of aliphatic imine (C=N–C) groups is 1. The topological polar surface area (TPSA) is 95.5 Å². The number of ketones is 1. The molecule has 0 aliphatic carbocycles. The maximum absolute atomic E-state index is 14.0. The Labute approximate surface area is 193 Å². The number of thiazole rings is 1. The average molecular weight is 470 g/mol. The molecule has 3 N–H and O–H groups in total. The van der Waals surface area contributed by atoms with Gasteiger partial charge in [-0.2, -0.15) is 4.98 Å². The predicted molar refractivity (Wildman–Crippen MR) is 124 cm³/mol. The highest BCUT2D eigenvalue weighted by Crippen LogP contribution is 2.33. The van der Waals surface area contributed by atoms with Crippen LogP contribution >= 0.6 is 11.3 Å². The van der Waals surface area contributed by atoms with Crippen LogP contribution in [0.3, 0.4) is 0 Å². The third-order valence-electron chi connectivity index (χ3n) is 5.22.